The van der Waals surface area contributed by atoms with E-state index in [2.05, 4.69) is 15.9 Å². The van der Waals surface area contributed by atoms with Crippen LogP contribution in [0.5, 0.6) is 0 Å². The first-order valence-electron chi connectivity index (χ1n) is 5.82. The van der Waals surface area contributed by atoms with Gasteiger partial charge in [0.25, 0.3) is 0 Å². The monoisotopic (exact) mass is 324 g/mol. The van der Waals surface area contributed by atoms with Gasteiger partial charge in [-0.25, -0.2) is 4.39 Å². The molecule has 1 unspecified atom stereocenters. The van der Waals surface area contributed by atoms with Crippen LogP contribution >= 0.6 is 15.9 Å². The number of benzene rings is 2. The summed E-state index contributed by atoms with van der Waals surface area (Å²) in [5.41, 5.74) is 1.84. The van der Waals surface area contributed by atoms with Crippen LogP contribution in [0.2, 0.25) is 0 Å². The Bertz CT molecular complexity index is 572. The summed E-state index contributed by atoms with van der Waals surface area (Å²) >= 11 is 3.28. The predicted molar refractivity (Wildman–Crippen MR) is 75.3 cm³/mol. The van der Waals surface area contributed by atoms with E-state index in [1.165, 1.54) is 6.07 Å². The fraction of sp³-hybridized carbons (Fsp3) is 0.200. The molecule has 0 bridgehead atoms. The van der Waals surface area contributed by atoms with Gasteiger partial charge in [-0.15, -0.1) is 0 Å². The minimum absolute atomic E-state index is 0.254. The topological polar surface area (TPSA) is 29.5 Å². The number of hydrogen-bond acceptors (Lipinski definition) is 2. The van der Waals surface area contributed by atoms with Crippen LogP contribution in [0.1, 0.15) is 22.8 Å². The van der Waals surface area contributed by atoms with E-state index in [9.17, 15) is 9.50 Å². The minimum atomic E-state index is -0.991. The lowest BCUT2D eigenvalue weighted by molar-refractivity contribution is 0.184. The quantitative estimate of drug-likeness (QED) is 0.926. The summed E-state index contributed by atoms with van der Waals surface area (Å²) in [5.74, 6) is -0.423. The third-order valence-electron chi connectivity index (χ3n) is 2.83. The molecule has 2 rings (SSSR count). The number of ether oxygens (including phenoxy) is 1. The average molecular weight is 325 g/mol. The first kappa shape index (κ1) is 14.2. The summed E-state index contributed by atoms with van der Waals surface area (Å²) in [6, 6.07) is 11.8. The fourth-order valence-electron chi connectivity index (χ4n) is 1.92. The van der Waals surface area contributed by atoms with Crippen molar-refractivity contribution < 1.29 is 14.2 Å². The molecule has 0 saturated carbocycles. The van der Waals surface area contributed by atoms with Crippen LogP contribution in [0.3, 0.4) is 0 Å². The highest BCUT2D eigenvalue weighted by molar-refractivity contribution is 9.10. The Hall–Kier alpha value is -1.23. The smallest absolute Gasteiger partial charge is 0.129 e. The standard InChI is InChI=1S/C15H14BrFO2/c1-19-9-10-3-2-4-11(7-10)15(18)13-8-12(16)5-6-14(13)17/h2-8,15,18H,9H2,1H3. The number of rotatable bonds is 4. The van der Waals surface area contributed by atoms with Crippen molar-refractivity contribution in [2.24, 2.45) is 0 Å². The molecule has 2 aromatic carbocycles. The molecule has 0 radical (unpaired) electrons. The van der Waals surface area contributed by atoms with Crippen LogP contribution in [-0.2, 0) is 11.3 Å². The van der Waals surface area contributed by atoms with Crippen molar-refractivity contribution in [2.45, 2.75) is 12.7 Å². The molecular formula is C15H14BrFO2. The Labute approximate surface area is 120 Å². The maximum absolute atomic E-state index is 13.7. The largest absolute Gasteiger partial charge is 0.384 e. The van der Waals surface area contributed by atoms with Crippen LogP contribution in [0.4, 0.5) is 4.39 Å². The lowest BCUT2D eigenvalue weighted by Crippen LogP contribution is -2.03. The second-order valence-electron chi connectivity index (χ2n) is 4.25. The third kappa shape index (κ3) is 3.41. The van der Waals surface area contributed by atoms with Crippen LogP contribution < -0.4 is 0 Å². The minimum Gasteiger partial charge on any atom is -0.384 e. The van der Waals surface area contributed by atoms with Gasteiger partial charge >= 0.3 is 0 Å². The van der Waals surface area contributed by atoms with E-state index in [0.717, 1.165) is 10.0 Å². The van der Waals surface area contributed by atoms with Gasteiger partial charge in [-0.3, -0.25) is 0 Å². The van der Waals surface area contributed by atoms with Gasteiger partial charge in [0, 0.05) is 17.1 Å². The van der Waals surface area contributed by atoms with Gasteiger partial charge in [0.2, 0.25) is 0 Å². The average Bonchev–Trinajstić information content (AvgIpc) is 2.41. The zero-order valence-corrected chi connectivity index (χ0v) is 12.0. The van der Waals surface area contributed by atoms with Gasteiger partial charge in [0.1, 0.15) is 11.9 Å². The molecule has 4 heteroatoms. The Balaban J connectivity index is 2.35. The molecule has 0 amide bonds. The van der Waals surface area contributed by atoms with E-state index in [0.29, 0.717) is 12.2 Å². The number of methoxy groups -OCH3 is 1. The van der Waals surface area contributed by atoms with Gasteiger partial charge in [-0.05, 0) is 29.3 Å². The maximum atomic E-state index is 13.7. The summed E-state index contributed by atoms with van der Waals surface area (Å²) in [7, 11) is 1.61. The van der Waals surface area contributed by atoms with Gasteiger partial charge in [0.15, 0.2) is 0 Å². The molecule has 0 fully saturated rings. The zero-order chi connectivity index (χ0) is 13.8. The summed E-state index contributed by atoms with van der Waals surface area (Å²) in [5, 5.41) is 10.3. The molecule has 2 nitrogen and oxygen atoms in total. The van der Waals surface area contributed by atoms with E-state index in [1.807, 2.05) is 18.2 Å². The van der Waals surface area contributed by atoms with E-state index in [1.54, 1.807) is 25.3 Å². The van der Waals surface area contributed by atoms with E-state index in [4.69, 9.17) is 4.74 Å². The van der Waals surface area contributed by atoms with E-state index >= 15 is 0 Å². The molecule has 1 atom stereocenters. The molecule has 0 spiro atoms. The van der Waals surface area contributed by atoms with E-state index in [-0.39, 0.29) is 5.56 Å². The van der Waals surface area contributed by atoms with Crippen molar-refractivity contribution in [1.29, 1.82) is 0 Å². The predicted octanol–water partition coefficient (Wildman–Crippen LogP) is 3.82. The van der Waals surface area contributed by atoms with Crippen LogP contribution in [-0.4, -0.2) is 12.2 Å². The van der Waals surface area contributed by atoms with Crippen molar-refractivity contribution in [1.82, 2.24) is 0 Å². The highest BCUT2D eigenvalue weighted by Gasteiger charge is 2.15. The first-order valence-corrected chi connectivity index (χ1v) is 6.62. The molecular weight excluding hydrogens is 311 g/mol. The molecule has 19 heavy (non-hydrogen) atoms. The van der Waals surface area contributed by atoms with Crippen LogP contribution in [0.15, 0.2) is 46.9 Å². The van der Waals surface area contributed by atoms with Crippen molar-refractivity contribution in [2.75, 3.05) is 7.11 Å². The highest BCUT2D eigenvalue weighted by Crippen LogP contribution is 2.27. The molecule has 0 aliphatic carbocycles. The Morgan fingerprint density at radius 3 is 2.79 bits per heavy atom. The molecule has 0 aliphatic rings. The van der Waals surface area contributed by atoms with Crippen LogP contribution in [0.25, 0.3) is 0 Å². The second kappa shape index (κ2) is 6.28. The number of hydrogen-bond donors (Lipinski definition) is 1. The third-order valence-corrected chi connectivity index (χ3v) is 3.32. The molecule has 0 saturated heterocycles. The summed E-state index contributed by atoms with van der Waals surface area (Å²) in [6.07, 6.45) is -0.991. The number of aliphatic hydroxyl groups excluding tert-OH is 1. The Kier molecular flexibility index (Phi) is 4.69. The van der Waals surface area contributed by atoms with Gasteiger partial charge < -0.3 is 9.84 Å². The molecule has 0 aliphatic heterocycles. The normalized spacial score (nSPS) is 12.4. The molecule has 100 valence electrons. The van der Waals surface area contributed by atoms with Gasteiger partial charge in [0.05, 0.1) is 6.61 Å². The molecule has 2 aromatic rings. The van der Waals surface area contributed by atoms with Crippen molar-refractivity contribution in [3.05, 3.63) is 69.4 Å². The number of aliphatic hydroxyl groups is 1. The van der Waals surface area contributed by atoms with Crippen LogP contribution in [0, 0.1) is 5.82 Å². The molecule has 0 heterocycles. The highest BCUT2D eigenvalue weighted by atomic mass is 79.9. The summed E-state index contributed by atoms with van der Waals surface area (Å²) in [6.45, 7) is 0.460. The SMILES string of the molecule is COCc1cccc(C(O)c2cc(Br)ccc2F)c1. The molecule has 0 aromatic heterocycles. The number of halogens is 2. The Morgan fingerprint density at radius 2 is 2.05 bits per heavy atom. The van der Waals surface area contributed by atoms with Crippen molar-refractivity contribution >= 4 is 15.9 Å². The summed E-state index contributed by atoms with van der Waals surface area (Å²) < 4.78 is 19.5. The van der Waals surface area contributed by atoms with Gasteiger partial charge in [-0.1, -0.05) is 40.2 Å². The lowest BCUT2D eigenvalue weighted by Gasteiger charge is -2.14. The maximum Gasteiger partial charge on any atom is 0.129 e. The zero-order valence-electron chi connectivity index (χ0n) is 10.4. The van der Waals surface area contributed by atoms with Crippen molar-refractivity contribution in [3.63, 3.8) is 0 Å². The Morgan fingerprint density at radius 1 is 1.26 bits per heavy atom. The second-order valence-corrected chi connectivity index (χ2v) is 5.16. The van der Waals surface area contributed by atoms with Gasteiger partial charge in [-0.2, -0.15) is 0 Å². The fourth-order valence-corrected chi connectivity index (χ4v) is 2.30. The molecule has 1 N–H and O–H groups in total. The van der Waals surface area contributed by atoms with Crippen molar-refractivity contribution in [3.8, 4) is 0 Å². The lowest BCUT2D eigenvalue weighted by atomic mass is 9.99. The summed E-state index contributed by atoms with van der Waals surface area (Å²) in [4.78, 5) is 0. The first-order chi connectivity index (χ1) is 9.11. The van der Waals surface area contributed by atoms with E-state index < -0.39 is 11.9 Å².